The third-order valence-electron chi connectivity index (χ3n) is 4.93. The second kappa shape index (κ2) is 7.23. The summed E-state index contributed by atoms with van der Waals surface area (Å²) in [5, 5.41) is 4.49. The normalized spacial score (nSPS) is 23.5. The average molecular weight is 334 g/mol. The van der Waals surface area contributed by atoms with Crippen LogP contribution in [0.5, 0.6) is 0 Å². The van der Waals surface area contributed by atoms with Crippen molar-refractivity contribution in [3.8, 4) is 0 Å². The summed E-state index contributed by atoms with van der Waals surface area (Å²) in [6.07, 6.45) is 7.32. The van der Waals surface area contributed by atoms with Crippen LogP contribution in [-0.2, 0) is 21.6 Å². The van der Waals surface area contributed by atoms with E-state index in [0.29, 0.717) is 13.2 Å². The van der Waals surface area contributed by atoms with Crippen LogP contribution < -0.4 is 0 Å². The Labute approximate surface area is 144 Å². The van der Waals surface area contributed by atoms with E-state index in [-0.39, 0.29) is 17.5 Å². The van der Waals surface area contributed by atoms with Crippen molar-refractivity contribution >= 4 is 5.91 Å². The summed E-state index contributed by atoms with van der Waals surface area (Å²) in [6, 6.07) is 0.00911. The maximum Gasteiger partial charge on any atom is 0.240 e. The first-order valence-corrected chi connectivity index (χ1v) is 9.10. The molecular weight excluding hydrogens is 304 g/mol. The lowest BCUT2D eigenvalue weighted by Gasteiger charge is -2.38. The van der Waals surface area contributed by atoms with Gasteiger partial charge in [0.2, 0.25) is 5.91 Å². The van der Waals surface area contributed by atoms with Gasteiger partial charge in [-0.2, -0.15) is 5.10 Å². The molecule has 2 aliphatic rings. The molecule has 0 radical (unpaired) electrons. The summed E-state index contributed by atoms with van der Waals surface area (Å²) in [6.45, 7) is 11.0. The fourth-order valence-corrected chi connectivity index (χ4v) is 3.50. The SMILES string of the molecule is CC(C)(C)n1cc(CN2CCCC[C@H]2C(=O)N2CCOCC2)cn1. The van der Waals surface area contributed by atoms with Crippen LogP contribution in [0, 0.1) is 0 Å². The summed E-state index contributed by atoms with van der Waals surface area (Å²) in [4.78, 5) is 17.2. The number of ether oxygens (including phenoxy) is 1. The van der Waals surface area contributed by atoms with Crippen molar-refractivity contribution in [1.29, 1.82) is 0 Å². The van der Waals surface area contributed by atoms with E-state index in [1.54, 1.807) is 0 Å². The molecule has 1 aromatic rings. The standard InChI is InChI=1S/C18H30N4O2/c1-18(2,3)22-14-15(12-19-22)13-21-7-5-4-6-16(21)17(23)20-8-10-24-11-9-20/h12,14,16H,4-11,13H2,1-3H3/t16-/m0/s1. The molecule has 1 aromatic heterocycles. The van der Waals surface area contributed by atoms with Crippen LogP contribution in [0.3, 0.4) is 0 Å². The van der Waals surface area contributed by atoms with Gasteiger partial charge in [0.05, 0.1) is 31.0 Å². The van der Waals surface area contributed by atoms with Gasteiger partial charge in [0.25, 0.3) is 0 Å². The number of carbonyl (C=O) groups excluding carboxylic acids is 1. The van der Waals surface area contributed by atoms with Gasteiger partial charge < -0.3 is 9.64 Å². The molecule has 3 heterocycles. The molecule has 2 aliphatic heterocycles. The first-order valence-electron chi connectivity index (χ1n) is 9.10. The van der Waals surface area contributed by atoms with Crippen molar-refractivity contribution < 1.29 is 9.53 Å². The molecule has 0 aromatic carbocycles. The molecule has 6 nitrogen and oxygen atoms in total. The number of rotatable bonds is 3. The zero-order valence-electron chi connectivity index (χ0n) is 15.2. The second-order valence-corrected chi connectivity index (χ2v) is 7.88. The molecule has 0 unspecified atom stereocenters. The molecule has 134 valence electrons. The molecule has 0 spiro atoms. The predicted molar refractivity (Wildman–Crippen MR) is 92.7 cm³/mol. The number of hydrogen-bond donors (Lipinski definition) is 0. The van der Waals surface area contributed by atoms with Gasteiger partial charge in [0, 0.05) is 31.4 Å². The van der Waals surface area contributed by atoms with Crippen molar-refractivity contribution in [2.24, 2.45) is 0 Å². The Morgan fingerprint density at radius 1 is 1.25 bits per heavy atom. The average Bonchev–Trinajstić information content (AvgIpc) is 3.04. The van der Waals surface area contributed by atoms with Gasteiger partial charge in [-0.25, -0.2) is 0 Å². The van der Waals surface area contributed by atoms with Gasteiger partial charge in [-0.3, -0.25) is 14.4 Å². The van der Waals surface area contributed by atoms with Gasteiger partial charge in [0.15, 0.2) is 0 Å². The van der Waals surface area contributed by atoms with E-state index in [4.69, 9.17) is 4.74 Å². The van der Waals surface area contributed by atoms with E-state index in [1.165, 1.54) is 12.0 Å². The summed E-state index contributed by atoms with van der Waals surface area (Å²) >= 11 is 0. The smallest absolute Gasteiger partial charge is 0.240 e. The Kier molecular flexibility index (Phi) is 5.25. The van der Waals surface area contributed by atoms with E-state index < -0.39 is 0 Å². The molecule has 6 heteroatoms. The van der Waals surface area contributed by atoms with Gasteiger partial charge in [0.1, 0.15) is 0 Å². The van der Waals surface area contributed by atoms with E-state index in [9.17, 15) is 4.79 Å². The zero-order valence-corrected chi connectivity index (χ0v) is 15.2. The molecule has 24 heavy (non-hydrogen) atoms. The molecule has 0 N–H and O–H groups in total. The lowest BCUT2D eigenvalue weighted by Crippen LogP contribution is -2.53. The van der Waals surface area contributed by atoms with E-state index >= 15 is 0 Å². The van der Waals surface area contributed by atoms with Gasteiger partial charge in [-0.1, -0.05) is 6.42 Å². The lowest BCUT2D eigenvalue weighted by molar-refractivity contribution is -0.142. The van der Waals surface area contributed by atoms with Crippen LogP contribution in [-0.4, -0.2) is 64.4 Å². The highest BCUT2D eigenvalue weighted by molar-refractivity contribution is 5.82. The fourth-order valence-electron chi connectivity index (χ4n) is 3.50. The number of aromatic nitrogens is 2. The quantitative estimate of drug-likeness (QED) is 0.846. The summed E-state index contributed by atoms with van der Waals surface area (Å²) < 4.78 is 7.38. The van der Waals surface area contributed by atoms with Crippen molar-refractivity contribution in [2.45, 2.75) is 58.2 Å². The molecule has 2 saturated heterocycles. The van der Waals surface area contributed by atoms with Crippen LogP contribution >= 0.6 is 0 Å². The highest BCUT2D eigenvalue weighted by Gasteiger charge is 2.32. The minimum Gasteiger partial charge on any atom is -0.378 e. The number of amides is 1. The van der Waals surface area contributed by atoms with Gasteiger partial charge in [-0.15, -0.1) is 0 Å². The first-order chi connectivity index (χ1) is 11.4. The fraction of sp³-hybridized carbons (Fsp3) is 0.778. The third-order valence-corrected chi connectivity index (χ3v) is 4.93. The maximum atomic E-state index is 12.9. The highest BCUT2D eigenvalue weighted by Crippen LogP contribution is 2.22. The highest BCUT2D eigenvalue weighted by atomic mass is 16.5. The lowest BCUT2D eigenvalue weighted by atomic mass is 10.00. The molecule has 1 amide bonds. The Balaban J connectivity index is 1.68. The number of hydrogen-bond acceptors (Lipinski definition) is 4. The van der Waals surface area contributed by atoms with Crippen molar-refractivity contribution in [3.05, 3.63) is 18.0 Å². The molecule has 0 bridgehead atoms. The molecule has 0 aliphatic carbocycles. The number of morpholine rings is 1. The molecule has 3 rings (SSSR count). The Hall–Kier alpha value is -1.40. The Bertz CT molecular complexity index is 558. The number of carbonyl (C=O) groups is 1. The Morgan fingerprint density at radius 2 is 2.00 bits per heavy atom. The Morgan fingerprint density at radius 3 is 2.67 bits per heavy atom. The second-order valence-electron chi connectivity index (χ2n) is 7.88. The van der Waals surface area contributed by atoms with Crippen molar-refractivity contribution in [1.82, 2.24) is 19.6 Å². The van der Waals surface area contributed by atoms with Crippen LogP contribution in [0.1, 0.15) is 45.6 Å². The number of likely N-dealkylation sites (tertiary alicyclic amines) is 1. The van der Waals surface area contributed by atoms with Crippen LogP contribution in [0.25, 0.3) is 0 Å². The summed E-state index contributed by atoms with van der Waals surface area (Å²) in [7, 11) is 0. The summed E-state index contributed by atoms with van der Waals surface area (Å²) in [5.74, 6) is 0.279. The van der Waals surface area contributed by atoms with E-state index in [0.717, 1.165) is 39.0 Å². The molecular formula is C18H30N4O2. The van der Waals surface area contributed by atoms with Gasteiger partial charge in [-0.05, 0) is 40.2 Å². The van der Waals surface area contributed by atoms with Crippen LogP contribution in [0.4, 0.5) is 0 Å². The first kappa shape index (κ1) is 17.4. The zero-order chi connectivity index (χ0) is 17.2. The summed E-state index contributed by atoms with van der Waals surface area (Å²) in [5.41, 5.74) is 1.18. The molecule has 0 saturated carbocycles. The minimum atomic E-state index is -0.0107. The van der Waals surface area contributed by atoms with Crippen molar-refractivity contribution in [2.75, 3.05) is 32.8 Å². The maximum absolute atomic E-state index is 12.9. The monoisotopic (exact) mass is 334 g/mol. The molecule has 1 atom stereocenters. The minimum absolute atomic E-state index is 0.00911. The predicted octanol–water partition coefficient (Wildman–Crippen LogP) is 1.85. The van der Waals surface area contributed by atoms with Crippen LogP contribution in [0.2, 0.25) is 0 Å². The van der Waals surface area contributed by atoms with Gasteiger partial charge >= 0.3 is 0 Å². The largest absolute Gasteiger partial charge is 0.378 e. The molecule has 2 fully saturated rings. The van der Waals surface area contributed by atoms with Crippen molar-refractivity contribution in [3.63, 3.8) is 0 Å². The van der Waals surface area contributed by atoms with E-state index in [1.807, 2.05) is 15.8 Å². The number of piperidine rings is 1. The van der Waals surface area contributed by atoms with E-state index in [2.05, 4.69) is 37.0 Å². The number of nitrogens with zero attached hydrogens (tertiary/aromatic N) is 4. The third kappa shape index (κ3) is 3.98. The van der Waals surface area contributed by atoms with Crippen LogP contribution in [0.15, 0.2) is 12.4 Å². The topological polar surface area (TPSA) is 50.6 Å².